The summed E-state index contributed by atoms with van der Waals surface area (Å²) in [6.07, 6.45) is -4.61. The van der Waals surface area contributed by atoms with Gasteiger partial charge in [-0.1, -0.05) is 0 Å². The number of aliphatic hydroxyl groups excluding tert-OH is 3. The molecule has 0 spiro atoms. The van der Waals surface area contributed by atoms with Crippen LogP contribution in [0.2, 0.25) is 0 Å². The Labute approximate surface area is 107 Å². The highest BCUT2D eigenvalue weighted by Crippen LogP contribution is 2.29. The zero-order valence-corrected chi connectivity index (χ0v) is 10.5. The molecule has 19 heavy (non-hydrogen) atoms. The largest absolute Gasteiger partial charge is 0.391 e. The highest BCUT2D eigenvalue weighted by molar-refractivity contribution is 5.03. The van der Waals surface area contributed by atoms with E-state index in [0.29, 0.717) is 0 Å². The molecule has 0 aliphatic carbocycles. The number of nitrogens with zero attached hydrogens (tertiary/aromatic N) is 1. The molecule has 0 unspecified atom stereocenters. The molecular formula is C11H16N2O6. The molecule has 1 aliphatic rings. The van der Waals surface area contributed by atoms with Crippen LogP contribution in [-0.2, 0) is 4.74 Å². The lowest BCUT2D eigenvalue weighted by molar-refractivity contribution is -0.0804. The third-order valence-electron chi connectivity index (χ3n) is 3.17. The topological polar surface area (TPSA) is 125 Å². The highest BCUT2D eigenvalue weighted by Gasteiger charge is 2.46. The second kappa shape index (κ2) is 4.89. The summed E-state index contributed by atoms with van der Waals surface area (Å²) in [5.74, 6) is 0. The number of aromatic amines is 1. The van der Waals surface area contributed by atoms with Crippen molar-refractivity contribution in [2.24, 2.45) is 0 Å². The van der Waals surface area contributed by atoms with Gasteiger partial charge in [0.15, 0.2) is 6.23 Å². The number of aryl methyl sites for hydroxylation is 1. The molecule has 106 valence electrons. The van der Waals surface area contributed by atoms with Crippen molar-refractivity contribution in [1.82, 2.24) is 9.55 Å². The fourth-order valence-electron chi connectivity index (χ4n) is 2.09. The first-order valence-electron chi connectivity index (χ1n) is 5.84. The van der Waals surface area contributed by atoms with Gasteiger partial charge in [-0.3, -0.25) is 14.3 Å². The predicted octanol–water partition coefficient (Wildman–Crippen LogP) is -2.15. The number of ether oxygens (including phenoxy) is 1. The van der Waals surface area contributed by atoms with Crippen LogP contribution in [0.1, 0.15) is 18.7 Å². The zero-order valence-electron chi connectivity index (χ0n) is 10.5. The lowest BCUT2D eigenvalue weighted by atomic mass is 10.1. The molecule has 0 radical (unpaired) electrons. The Morgan fingerprint density at radius 3 is 2.53 bits per heavy atom. The molecule has 2 rings (SSSR count). The summed E-state index contributed by atoms with van der Waals surface area (Å²) in [6, 6.07) is 0. The van der Waals surface area contributed by atoms with Gasteiger partial charge in [0.25, 0.3) is 5.56 Å². The molecule has 0 amide bonds. The van der Waals surface area contributed by atoms with E-state index in [0.717, 1.165) is 4.57 Å². The number of nitrogens with one attached hydrogen (secondary N) is 1. The van der Waals surface area contributed by atoms with Gasteiger partial charge in [0.2, 0.25) is 0 Å². The number of aromatic nitrogens is 2. The predicted molar refractivity (Wildman–Crippen MR) is 63.7 cm³/mol. The number of aliphatic hydroxyl groups is 3. The first-order chi connectivity index (χ1) is 8.82. The van der Waals surface area contributed by atoms with Crippen molar-refractivity contribution in [3.05, 3.63) is 32.6 Å². The molecule has 5 atom stereocenters. The van der Waals surface area contributed by atoms with E-state index in [1.54, 1.807) is 0 Å². The Hall–Kier alpha value is -1.48. The van der Waals surface area contributed by atoms with Crippen LogP contribution in [0.15, 0.2) is 15.8 Å². The minimum atomic E-state index is -1.37. The molecule has 4 N–H and O–H groups in total. The van der Waals surface area contributed by atoms with Gasteiger partial charge in [-0.2, -0.15) is 0 Å². The second-order valence-electron chi connectivity index (χ2n) is 4.69. The van der Waals surface area contributed by atoms with Crippen molar-refractivity contribution >= 4 is 0 Å². The first kappa shape index (κ1) is 13.9. The maximum atomic E-state index is 11.7. The van der Waals surface area contributed by atoms with Crippen molar-refractivity contribution in [2.75, 3.05) is 0 Å². The average Bonchev–Trinajstić information content (AvgIpc) is 2.62. The molecule has 1 aromatic rings. The molecule has 8 heteroatoms. The SMILES string of the molecule is Cc1cn([C@@H]2O[C@H]([C@@H](C)O)[C@@H](O)[C@H]2O)c(=O)[nH]c1=O. The van der Waals surface area contributed by atoms with E-state index in [2.05, 4.69) is 4.98 Å². The van der Waals surface area contributed by atoms with Gasteiger partial charge in [0, 0.05) is 11.8 Å². The van der Waals surface area contributed by atoms with E-state index in [1.807, 2.05) is 0 Å². The number of H-pyrrole nitrogens is 1. The average molecular weight is 272 g/mol. The lowest BCUT2D eigenvalue weighted by Gasteiger charge is -2.18. The molecule has 0 bridgehead atoms. The van der Waals surface area contributed by atoms with Crippen LogP contribution in [0.4, 0.5) is 0 Å². The number of rotatable bonds is 2. The van der Waals surface area contributed by atoms with E-state index in [4.69, 9.17) is 4.74 Å². The van der Waals surface area contributed by atoms with Crippen molar-refractivity contribution in [3.8, 4) is 0 Å². The summed E-state index contributed by atoms with van der Waals surface area (Å²) in [6.45, 7) is 2.91. The van der Waals surface area contributed by atoms with E-state index in [1.165, 1.54) is 20.0 Å². The molecule has 0 saturated carbocycles. The lowest BCUT2D eigenvalue weighted by Crippen LogP contribution is -2.39. The molecule has 2 heterocycles. The van der Waals surface area contributed by atoms with Crippen LogP contribution >= 0.6 is 0 Å². The summed E-state index contributed by atoms with van der Waals surface area (Å²) >= 11 is 0. The summed E-state index contributed by atoms with van der Waals surface area (Å²) in [5.41, 5.74) is -1.01. The van der Waals surface area contributed by atoms with Crippen molar-refractivity contribution in [2.45, 2.75) is 44.5 Å². The Morgan fingerprint density at radius 2 is 2.00 bits per heavy atom. The highest BCUT2D eigenvalue weighted by atomic mass is 16.6. The summed E-state index contributed by atoms with van der Waals surface area (Å²) in [4.78, 5) is 25.0. The zero-order chi connectivity index (χ0) is 14.3. The van der Waals surface area contributed by atoms with Crippen LogP contribution < -0.4 is 11.2 Å². The van der Waals surface area contributed by atoms with Crippen molar-refractivity contribution < 1.29 is 20.1 Å². The van der Waals surface area contributed by atoms with Gasteiger partial charge in [-0.15, -0.1) is 0 Å². The normalized spacial score (nSPS) is 32.5. The van der Waals surface area contributed by atoms with Crippen molar-refractivity contribution in [3.63, 3.8) is 0 Å². The van der Waals surface area contributed by atoms with Crippen LogP contribution in [0.3, 0.4) is 0 Å². The van der Waals surface area contributed by atoms with Crippen LogP contribution in [-0.4, -0.2) is 49.3 Å². The standard InChI is InChI=1S/C11H16N2O6/c1-4-3-13(11(18)12-9(4)17)10-7(16)6(15)8(19-10)5(2)14/h3,5-8,10,14-16H,1-2H3,(H,12,17,18)/t5-,6+,7-,8-,10-/m1/s1. The molecule has 1 aromatic heterocycles. The molecular weight excluding hydrogens is 256 g/mol. The minimum Gasteiger partial charge on any atom is -0.391 e. The fourth-order valence-corrected chi connectivity index (χ4v) is 2.09. The van der Waals surface area contributed by atoms with E-state index >= 15 is 0 Å². The van der Waals surface area contributed by atoms with Crippen LogP contribution in [0.25, 0.3) is 0 Å². The smallest absolute Gasteiger partial charge is 0.330 e. The molecule has 1 fully saturated rings. The second-order valence-corrected chi connectivity index (χ2v) is 4.69. The first-order valence-corrected chi connectivity index (χ1v) is 5.84. The van der Waals surface area contributed by atoms with Gasteiger partial charge in [0.1, 0.15) is 18.3 Å². The Balaban J connectivity index is 2.41. The molecule has 1 saturated heterocycles. The van der Waals surface area contributed by atoms with Gasteiger partial charge in [0.05, 0.1) is 6.10 Å². The van der Waals surface area contributed by atoms with E-state index in [9.17, 15) is 24.9 Å². The van der Waals surface area contributed by atoms with Gasteiger partial charge in [-0.25, -0.2) is 4.79 Å². The summed E-state index contributed by atoms with van der Waals surface area (Å²) in [7, 11) is 0. The third kappa shape index (κ3) is 2.35. The van der Waals surface area contributed by atoms with E-state index in [-0.39, 0.29) is 5.56 Å². The molecule has 1 aliphatic heterocycles. The molecule has 8 nitrogen and oxygen atoms in total. The minimum absolute atomic E-state index is 0.269. The van der Waals surface area contributed by atoms with Crippen molar-refractivity contribution in [1.29, 1.82) is 0 Å². The van der Waals surface area contributed by atoms with E-state index < -0.39 is 41.9 Å². The van der Waals surface area contributed by atoms with Crippen LogP contribution in [0.5, 0.6) is 0 Å². The van der Waals surface area contributed by atoms with Gasteiger partial charge < -0.3 is 20.1 Å². The quantitative estimate of drug-likeness (QED) is 0.486. The summed E-state index contributed by atoms with van der Waals surface area (Å²) in [5, 5.41) is 29.1. The molecule has 0 aromatic carbocycles. The van der Waals surface area contributed by atoms with Crippen LogP contribution in [0, 0.1) is 6.92 Å². The maximum absolute atomic E-state index is 11.7. The Bertz CT molecular complexity index is 577. The number of hydrogen-bond donors (Lipinski definition) is 4. The fraction of sp³-hybridized carbons (Fsp3) is 0.636. The maximum Gasteiger partial charge on any atom is 0.330 e. The summed E-state index contributed by atoms with van der Waals surface area (Å²) < 4.78 is 6.29. The third-order valence-corrected chi connectivity index (χ3v) is 3.17. The van der Waals surface area contributed by atoms with Gasteiger partial charge >= 0.3 is 5.69 Å². The van der Waals surface area contributed by atoms with Gasteiger partial charge in [-0.05, 0) is 13.8 Å². The Kier molecular flexibility index (Phi) is 3.59. The monoisotopic (exact) mass is 272 g/mol. The Morgan fingerprint density at radius 1 is 1.37 bits per heavy atom. The number of hydrogen-bond acceptors (Lipinski definition) is 6.